The van der Waals surface area contributed by atoms with Crippen LogP contribution in [0.4, 0.5) is 20.3 Å². The van der Waals surface area contributed by atoms with E-state index in [0.29, 0.717) is 11.4 Å². The molecule has 0 atom stereocenters. The van der Waals surface area contributed by atoms with Crippen LogP contribution in [0.1, 0.15) is 10.4 Å². The number of rotatable bonds is 5. The molecule has 0 bridgehead atoms. The minimum atomic E-state index is -2.89. The number of benzene rings is 1. The van der Waals surface area contributed by atoms with Crippen LogP contribution in [0, 0.1) is 0 Å². The summed E-state index contributed by atoms with van der Waals surface area (Å²) in [5.74, 6) is 0.0628. The Bertz CT molecular complexity index is 702. The number of halogens is 2. The highest BCUT2D eigenvalue weighted by atomic mass is 19.3. The summed E-state index contributed by atoms with van der Waals surface area (Å²) in [5, 5.41) is 5.96. The van der Waals surface area contributed by atoms with E-state index >= 15 is 0 Å². The summed E-state index contributed by atoms with van der Waals surface area (Å²) in [6, 6.07) is 9.13. The van der Waals surface area contributed by atoms with Gasteiger partial charge in [-0.25, -0.2) is 4.98 Å². The van der Waals surface area contributed by atoms with Crippen molar-refractivity contribution in [1.82, 2.24) is 10.3 Å². The van der Waals surface area contributed by atoms with Crippen LogP contribution in [0.25, 0.3) is 0 Å². The fourth-order valence-electron chi connectivity index (χ4n) is 2.55. The Balaban J connectivity index is 1.60. The number of ether oxygens (including phenoxy) is 1. The Kier molecular flexibility index (Phi) is 5.39. The molecule has 132 valence electrons. The fraction of sp³-hybridized carbons (Fsp3) is 0.294. The number of nitrogens with one attached hydrogen (secondary N) is 2. The Morgan fingerprint density at radius 1 is 1.16 bits per heavy atom. The summed E-state index contributed by atoms with van der Waals surface area (Å²) >= 11 is 0. The molecule has 2 heterocycles. The number of pyridine rings is 1. The first kappa shape index (κ1) is 17.1. The van der Waals surface area contributed by atoms with Crippen LogP contribution in [0.2, 0.25) is 0 Å². The molecule has 0 aliphatic carbocycles. The second kappa shape index (κ2) is 7.89. The smallest absolute Gasteiger partial charge is 0.387 e. The summed E-state index contributed by atoms with van der Waals surface area (Å²) in [6.07, 6.45) is 1.72. The minimum Gasteiger partial charge on any atom is -0.435 e. The first-order valence-electron chi connectivity index (χ1n) is 7.90. The molecule has 8 heteroatoms. The number of alkyl halides is 2. The Morgan fingerprint density at radius 2 is 1.88 bits per heavy atom. The maximum Gasteiger partial charge on any atom is 0.387 e. The highest BCUT2D eigenvalue weighted by Gasteiger charge is 2.12. The molecule has 0 unspecified atom stereocenters. The lowest BCUT2D eigenvalue weighted by molar-refractivity contribution is -0.0498. The lowest BCUT2D eigenvalue weighted by Crippen LogP contribution is -2.43. The summed E-state index contributed by atoms with van der Waals surface area (Å²) in [5.41, 5.74) is 1.34. The maximum atomic E-state index is 12.2. The van der Waals surface area contributed by atoms with Gasteiger partial charge >= 0.3 is 6.61 Å². The van der Waals surface area contributed by atoms with Gasteiger partial charge < -0.3 is 20.3 Å². The van der Waals surface area contributed by atoms with Crippen LogP contribution in [-0.2, 0) is 0 Å². The van der Waals surface area contributed by atoms with E-state index in [1.807, 2.05) is 6.07 Å². The highest BCUT2D eigenvalue weighted by Crippen LogP contribution is 2.18. The Morgan fingerprint density at radius 3 is 2.48 bits per heavy atom. The third-order valence-electron chi connectivity index (χ3n) is 3.81. The van der Waals surface area contributed by atoms with Gasteiger partial charge in [-0.3, -0.25) is 4.79 Å². The zero-order valence-corrected chi connectivity index (χ0v) is 13.4. The molecule has 0 radical (unpaired) electrons. The zero-order chi connectivity index (χ0) is 17.6. The average molecular weight is 348 g/mol. The zero-order valence-electron chi connectivity index (χ0n) is 13.4. The minimum absolute atomic E-state index is 0.00468. The summed E-state index contributed by atoms with van der Waals surface area (Å²) in [7, 11) is 0. The number of anilines is 2. The molecule has 1 fully saturated rings. The van der Waals surface area contributed by atoms with E-state index in [1.54, 1.807) is 12.3 Å². The van der Waals surface area contributed by atoms with Crippen LogP contribution in [0.15, 0.2) is 42.6 Å². The van der Waals surface area contributed by atoms with Gasteiger partial charge in [0.15, 0.2) is 0 Å². The highest BCUT2D eigenvalue weighted by molar-refractivity contribution is 6.03. The van der Waals surface area contributed by atoms with Gasteiger partial charge in [0, 0.05) is 31.7 Å². The van der Waals surface area contributed by atoms with E-state index in [1.165, 1.54) is 24.3 Å². The predicted octanol–water partition coefficient (Wildman–Crippen LogP) is 2.34. The fourth-order valence-corrected chi connectivity index (χ4v) is 2.55. The number of piperazine rings is 1. The van der Waals surface area contributed by atoms with Gasteiger partial charge in [0.25, 0.3) is 5.91 Å². The topological polar surface area (TPSA) is 66.5 Å². The molecular weight excluding hydrogens is 330 g/mol. The van der Waals surface area contributed by atoms with E-state index < -0.39 is 6.61 Å². The van der Waals surface area contributed by atoms with E-state index in [0.717, 1.165) is 31.9 Å². The molecule has 1 aliphatic rings. The average Bonchev–Trinajstić information content (AvgIpc) is 2.63. The van der Waals surface area contributed by atoms with Gasteiger partial charge in [-0.2, -0.15) is 8.78 Å². The van der Waals surface area contributed by atoms with Crippen molar-refractivity contribution in [2.24, 2.45) is 0 Å². The van der Waals surface area contributed by atoms with E-state index in [-0.39, 0.29) is 11.7 Å². The number of amides is 1. The molecule has 0 spiro atoms. The lowest BCUT2D eigenvalue weighted by atomic mass is 10.2. The number of nitrogens with zero attached hydrogens (tertiary/aromatic N) is 2. The number of aromatic nitrogens is 1. The number of hydrogen-bond donors (Lipinski definition) is 2. The van der Waals surface area contributed by atoms with Crippen molar-refractivity contribution in [2.45, 2.75) is 6.61 Å². The van der Waals surface area contributed by atoms with Gasteiger partial charge in [-0.15, -0.1) is 0 Å². The lowest BCUT2D eigenvalue weighted by Gasteiger charge is -2.29. The molecular formula is C17H18F2N4O2. The third-order valence-corrected chi connectivity index (χ3v) is 3.81. The molecule has 1 saturated heterocycles. The first-order chi connectivity index (χ1) is 12.1. The molecule has 1 aliphatic heterocycles. The number of carbonyl (C=O) groups excluding carboxylic acids is 1. The van der Waals surface area contributed by atoms with Crippen molar-refractivity contribution in [3.63, 3.8) is 0 Å². The van der Waals surface area contributed by atoms with Crippen LogP contribution < -0.4 is 20.3 Å². The van der Waals surface area contributed by atoms with Crippen molar-refractivity contribution in [3.8, 4) is 5.75 Å². The standard InChI is InChI=1S/C17H18F2N4O2/c18-17(19)25-14-4-1-12(2-5-14)16(24)22-15-6-3-13(11-21-15)23-9-7-20-8-10-23/h1-6,11,17,20H,7-10H2,(H,21,22,24). The van der Waals surface area contributed by atoms with E-state index in [4.69, 9.17) is 0 Å². The van der Waals surface area contributed by atoms with Crippen LogP contribution in [-0.4, -0.2) is 43.7 Å². The first-order valence-corrected chi connectivity index (χ1v) is 7.90. The van der Waals surface area contributed by atoms with Gasteiger partial charge in [0.05, 0.1) is 11.9 Å². The molecule has 1 aromatic heterocycles. The normalized spacial score (nSPS) is 14.4. The van der Waals surface area contributed by atoms with Crippen LogP contribution in [0.5, 0.6) is 5.75 Å². The van der Waals surface area contributed by atoms with Crippen molar-refractivity contribution < 1.29 is 18.3 Å². The molecule has 6 nitrogen and oxygen atoms in total. The molecule has 1 amide bonds. The second-order valence-corrected chi connectivity index (χ2v) is 5.50. The number of carbonyl (C=O) groups is 1. The van der Waals surface area contributed by atoms with E-state index in [2.05, 4.69) is 25.3 Å². The quantitative estimate of drug-likeness (QED) is 0.868. The largest absolute Gasteiger partial charge is 0.435 e. The molecule has 25 heavy (non-hydrogen) atoms. The van der Waals surface area contributed by atoms with E-state index in [9.17, 15) is 13.6 Å². The summed E-state index contributed by atoms with van der Waals surface area (Å²) in [4.78, 5) is 18.7. The SMILES string of the molecule is O=C(Nc1ccc(N2CCNCC2)cn1)c1ccc(OC(F)F)cc1. The van der Waals surface area contributed by atoms with Gasteiger partial charge in [-0.1, -0.05) is 0 Å². The third kappa shape index (κ3) is 4.63. The van der Waals surface area contributed by atoms with Gasteiger partial charge in [0.1, 0.15) is 11.6 Å². The molecule has 2 aromatic rings. The summed E-state index contributed by atoms with van der Waals surface area (Å²) in [6.45, 7) is 0.812. The van der Waals surface area contributed by atoms with Crippen molar-refractivity contribution in [3.05, 3.63) is 48.2 Å². The summed E-state index contributed by atoms with van der Waals surface area (Å²) < 4.78 is 28.5. The monoisotopic (exact) mass is 348 g/mol. The molecule has 0 saturated carbocycles. The van der Waals surface area contributed by atoms with Crippen molar-refractivity contribution in [2.75, 3.05) is 36.4 Å². The Hall–Kier alpha value is -2.74. The second-order valence-electron chi connectivity index (χ2n) is 5.50. The molecule has 3 rings (SSSR count). The van der Waals surface area contributed by atoms with Gasteiger partial charge in [0.2, 0.25) is 0 Å². The number of hydrogen-bond acceptors (Lipinski definition) is 5. The predicted molar refractivity (Wildman–Crippen MR) is 90.3 cm³/mol. The van der Waals surface area contributed by atoms with Crippen molar-refractivity contribution in [1.29, 1.82) is 0 Å². The van der Waals surface area contributed by atoms with Crippen molar-refractivity contribution >= 4 is 17.4 Å². The van der Waals surface area contributed by atoms with Gasteiger partial charge in [-0.05, 0) is 36.4 Å². The Labute approximate surface area is 143 Å². The maximum absolute atomic E-state index is 12.2. The van der Waals surface area contributed by atoms with Crippen LogP contribution >= 0.6 is 0 Å². The molecule has 2 N–H and O–H groups in total. The molecule has 1 aromatic carbocycles. The van der Waals surface area contributed by atoms with Crippen LogP contribution in [0.3, 0.4) is 0 Å².